The van der Waals surface area contributed by atoms with Gasteiger partial charge in [0.05, 0.1) is 0 Å². The molecule has 0 saturated heterocycles. The van der Waals surface area contributed by atoms with E-state index in [0.29, 0.717) is 12.1 Å². The molecular weight excluding hydrogens is 220 g/mol. The van der Waals surface area contributed by atoms with Crippen LogP contribution in [0.15, 0.2) is 0 Å². The molecule has 1 aliphatic rings. The molecule has 0 aliphatic heterocycles. The van der Waals surface area contributed by atoms with Gasteiger partial charge in [-0.2, -0.15) is 0 Å². The smallest absolute Gasteiger partial charge is 0.0112 e. The van der Waals surface area contributed by atoms with Crippen molar-refractivity contribution in [2.24, 2.45) is 5.92 Å². The van der Waals surface area contributed by atoms with Gasteiger partial charge in [0.25, 0.3) is 0 Å². The van der Waals surface area contributed by atoms with Crippen molar-refractivity contribution in [3.8, 4) is 0 Å². The molecule has 0 radical (unpaired) electrons. The third-order valence-electron chi connectivity index (χ3n) is 4.54. The molecule has 1 aliphatic carbocycles. The summed E-state index contributed by atoms with van der Waals surface area (Å²) in [6.45, 7) is 13.9. The van der Waals surface area contributed by atoms with Crippen LogP contribution in [0.25, 0.3) is 0 Å². The molecule has 1 rings (SSSR count). The molecule has 0 aromatic heterocycles. The molecule has 2 atom stereocenters. The summed E-state index contributed by atoms with van der Waals surface area (Å²) in [6, 6.07) is 2.09. The van der Waals surface area contributed by atoms with Crippen LogP contribution < -0.4 is 5.32 Å². The SMILES string of the molecule is CCC1CCCCC1NCCN(C(C)C)C(C)C. The molecule has 108 valence electrons. The van der Waals surface area contributed by atoms with Crippen molar-refractivity contribution in [3.05, 3.63) is 0 Å². The van der Waals surface area contributed by atoms with E-state index in [9.17, 15) is 0 Å². The molecule has 0 aromatic carbocycles. The predicted octanol–water partition coefficient (Wildman–Crippen LogP) is 3.66. The van der Waals surface area contributed by atoms with Gasteiger partial charge in [-0.25, -0.2) is 0 Å². The molecular formula is C16H34N2. The van der Waals surface area contributed by atoms with Crippen molar-refractivity contribution >= 4 is 0 Å². The third kappa shape index (κ3) is 4.89. The van der Waals surface area contributed by atoms with Gasteiger partial charge >= 0.3 is 0 Å². The molecule has 2 heteroatoms. The van der Waals surface area contributed by atoms with Crippen LogP contribution in [0.5, 0.6) is 0 Å². The molecule has 0 bridgehead atoms. The summed E-state index contributed by atoms with van der Waals surface area (Å²) in [7, 11) is 0. The van der Waals surface area contributed by atoms with E-state index in [1.54, 1.807) is 0 Å². The van der Waals surface area contributed by atoms with Gasteiger partial charge in [-0.3, -0.25) is 4.90 Å². The van der Waals surface area contributed by atoms with E-state index in [1.807, 2.05) is 0 Å². The fourth-order valence-corrected chi connectivity index (χ4v) is 3.46. The first kappa shape index (κ1) is 16.0. The molecule has 0 spiro atoms. The van der Waals surface area contributed by atoms with Gasteiger partial charge in [0.2, 0.25) is 0 Å². The Labute approximate surface area is 115 Å². The first-order chi connectivity index (χ1) is 8.56. The molecule has 1 fully saturated rings. The topological polar surface area (TPSA) is 15.3 Å². The van der Waals surface area contributed by atoms with Gasteiger partial charge in [0.15, 0.2) is 0 Å². The Bertz CT molecular complexity index is 205. The standard InChI is InChI=1S/C16H34N2/c1-6-15-9-7-8-10-16(15)17-11-12-18(13(2)3)14(4)5/h13-17H,6-12H2,1-5H3. The molecule has 1 saturated carbocycles. The Morgan fingerprint density at radius 1 is 1.06 bits per heavy atom. The van der Waals surface area contributed by atoms with Crippen molar-refractivity contribution in [3.63, 3.8) is 0 Å². The lowest BCUT2D eigenvalue weighted by atomic mass is 9.83. The second-order valence-electron chi connectivity index (χ2n) is 6.44. The van der Waals surface area contributed by atoms with Gasteiger partial charge in [0, 0.05) is 31.2 Å². The van der Waals surface area contributed by atoms with Crippen molar-refractivity contribution in [2.75, 3.05) is 13.1 Å². The average molecular weight is 254 g/mol. The zero-order chi connectivity index (χ0) is 13.5. The highest BCUT2D eigenvalue weighted by Crippen LogP contribution is 2.26. The van der Waals surface area contributed by atoms with Crippen molar-refractivity contribution in [1.29, 1.82) is 0 Å². The van der Waals surface area contributed by atoms with Crippen LogP contribution in [0.2, 0.25) is 0 Å². The lowest BCUT2D eigenvalue weighted by Gasteiger charge is -2.34. The van der Waals surface area contributed by atoms with E-state index in [-0.39, 0.29) is 0 Å². The molecule has 2 unspecified atom stereocenters. The highest BCUT2D eigenvalue weighted by molar-refractivity contribution is 4.81. The Balaban J connectivity index is 2.30. The number of hydrogen-bond donors (Lipinski definition) is 1. The van der Waals surface area contributed by atoms with Gasteiger partial charge < -0.3 is 5.32 Å². The Morgan fingerprint density at radius 3 is 2.22 bits per heavy atom. The fourth-order valence-electron chi connectivity index (χ4n) is 3.46. The molecule has 18 heavy (non-hydrogen) atoms. The normalized spacial score (nSPS) is 25.3. The molecule has 0 aromatic rings. The summed E-state index contributed by atoms with van der Waals surface area (Å²) < 4.78 is 0. The molecule has 1 N–H and O–H groups in total. The minimum atomic E-state index is 0.653. The average Bonchev–Trinajstić information content (AvgIpc) is 2.34. The number of hydrogen-bond acceptors (Lipinski definition) is 2. The summed E-state index contributed by atoms with van der Waals surface area (Å²) in [5, 5.41) is 3.82. The van der Waals surface area contributed by atoms with Gasteiger partial charge in [-0.15, -0.1) is 0 Å². The van der Waals surface area contributed by atoms with E-state index in [0.717, 1.165) is 18.5 Å². The monoisotopic (exact) mass is 254 g/mol. The summed E-state index contributed by atoms with van der Waals surface area (Å²) in [5.41, 5.74) is 0. The highest BCUT2D eigenvalue weighted by Gasteiger charge is 2.23. The predicted molar refractivity (Wildman–Crippen MR) is 81.0 cm³/mol. The second-order valence-corrected chi connectivity index (χ2v) is 6.44. The Kier molecular flexibility index (Phi) is 7.25. The van der Waals surface area contributed by atoms with Crippen LogP contribution in [-0.2, 0) is 0 Å². The minimum Gasteiger partial charge on any atom is -0.312 e. The summed E-state index contributed by atoms with van der Waals surface area (Å²) in [5.74, 6) is 0.922. The van der Waals surface area contributed by atoms with Crippen molar-refractivity contribution < 1.29 is 0 Å². The largest absolute Gasteiger partial charge is 0.312 e. The number of nitrogens with zero attached hydrogens (tertiary/aromatic N) is 1. The maximum absolute atomic E-state index is 3.82. The van der Waals surface area contributed by atoms with Crippen LogP contribution >= 0.6 is 0 Å². The first-order valence-corrected chi connectivity index (χ1v) is 8.05. The summed E-state index contributed by atoms with van der Waals surface area (Å²) in [6.07, 6.45) is 7.04. The van der Waals surface area contributed by atoms with E-state index < -0.39 is 0 Å². The highest BCUT2D eigenvalue weighted by atomic mass is 15.2. The minimum absolute atomic E-state index is 0.653. The maximum Gasteiger partial charge on any atom is 0.0112 e. The van der Waals surface area contributed by atoms with Crippen LogP contribution in [0.3, 0.4) is 0 Å². The Hall–Kier alpha value is -0.0800. The molecule has 2 nitrogen and oxygen atoms in total. The van der Waals surface area contributed by atoms with Crippen LogP contribution in [0, 0.1) is 5.92 Å². The quantitative estimate of drug-likeness (QED) is 0.746. The van der Waals surface area contributed by atoms with Gasteiger partial charge in [-0.1, -0.05) is 26.2 Å². The van der Waals surface area contributed by atoms with E-state index in [1.165, 1.54) is 38.6 Å². The van der Waals surface area contributed by atoms with Crippen LogP contribution in [0.4, 0.5) is 0 Å². The zero-order valence-corrected chi connectivity index (χ0v) is 13.2. The zero-order valence-electron chi connectivity index (χ0n) is 13.2. The first-order valence-electron chi connectivity index (χ1n) is 8.05. The molecule has 0 amide bonds. The Morgan fingerprint density at radius 2 is 1.67 bits per heavy atom. The third-order valence-corrected chi connectivity index (χ3v) is 4.54. The van der Waals surface area contributed by atoms with E-state index in [2.05, 4.69) is 44.8 Å². The number of rotatable bonds is 7. The van der Waals surface area contributed by atoms with Gasteiger partial charge in [-0.05, 0) is 46.5 Å². The van der Waals surface area contributed by atoms with E-state index >= 15 is 0 Å². The lowest BCUT2D eigenvalue weighted by molar-refractivity contribution is 0.166. The molecule has 0 heterocycles. The summed E-state index contributed by atoms with van der Waals surface area (Å²) in [4.78, 5) is 2.58. The van der Waals surface area contributed by atoms with Crippen LogP contribution in [-0.4, -0.2) is 36.1 Å². The van der Waals surface area contributed by atoms with Crippen LogP contribution in [0.1, 0.15) is 66.7 Å². The number of nitrogens with one attached hydrogen (secondary N) is 1. The van der Waals surface area contributed by atoms with Gasteiger partial charge in [0.1, 0.15) is 0 Å². The maximum atomic E-state index is 3.82. The lowest BCUT2D eigenvalue weighted by Crippen LogP contribution is -2.45. The van der Waals surface area contributed by atoms with Crippen molar-refractivity contribution in [1.82, 2.24) is 10.2 Å². The fraction of sp³-hybridized carbons (Fsp3) is 1.00. The van der Waals surface area contributed by atoms with E-state index in [4.69, 9.17) is 0 Å². The second kappa shape index (κ2) is 8.16. The summed E-state index contributed by atoms with van der Waals surface area (Å²) >= 11 is 0. The van der Waals surface area contributed by atoms with Crippen molar-refractivity contribution in [2.45, 2.75) is 84.8 Å².